The molecule has 0 amide bonds. The number of halogens is 2. The van der Waals surface area contributed by atoms with Gasteiger partial charge >= 0.3 is 0 Å². The molecule has 0 atom stereocenters. The van der Waals surface area contributed by atoms with Gasteiger partial charge in [-0.2, -0.15) is 0 Å². The molecule has 0 spiro atoms. The van der Waals surface area contributed by atoms with Gasteiger partial charge in [0.2, 0.25) is 0 Å². The van der Waals surface area contributed by atoms with Gasteiger partial charge in [-0.25, -0.2) is 17.0 Å². The van der Waals surface area contributed by atoms with Crippen LogP contribution >= 0.6 is 12.4 Å². The molecule has 0 aliphatic rings. The van der Waals surface area contributed by atoms with E-state index in [-0.39, 0.29) is 24.8 Å². The molecule has 6 heavy (non-hydrogen) atoms. The summed E-state index contributed by atoms with van der Waals surface area (Å²) < 4.78 is 0. The third-order valence-electron chi connectivity index (χ3n) is 0. The second-order valence-electron chi connectivity index (χ2n) is 0. The summed E-state index contributed by atoms with van der Waals surface area (Å²) >= 11 is 0. The van der Waals surface area contributed by atoms with Gasteiger partial charge in [-0.1, -0.05) is 0 Å². The van der Waals surface area contributed by atoms with Crippen molar-refractivity contribution in [3.05, 3.63) is 0 Å². The first kappa shape index (κ1) is 32.2. The molecule has 6 heteroatoms. The van der Waals surface area contributed by atoms with E-state index in [1.54, 1.807) is 0 Å². The van der Waals surface area contributed by atoms with E-state index >= 15 is 0 Å². The number of rotatable bonds is 0. The summed E-state index contributed by atoms with van der Waals surface area (Å²) in [5.41, 5.74) is 0. The highest BCUT2D eigenvalue weighted by molar-refractivity contribution is 5.85. The first-order valence-electron chi connectivity index (χ1n) is 0.574. The first-order chi connectivity index (χ1) is 2.00. The zero-order chi connectivity index (χ0) is 4.00. The highest BCUT2D eigenvalue weighted by atomic mass is 35.5. The number of quaternary nitrogens is 1. The van der Waals surface area contributed by atoms with Crippen molar-refractivity contribution in [2.45, 2.75) is 0 Å². The van der Waals surface area contributed by atoms with Crippen LogP contribution in [0.1, 0.15) is 0 Å². The van der Waals surface area contributed by atoms with Crippen molar-refractivity contribution in [3.63, 3.8) is 0 Å². The minimum absolute atomic E-state index is 0. The number of hydrogen-bond donors (Lipinski definition) is 4. The molecule has 0 aromatic rings. The molecule has 0 aliphatic heterocycles. The maximum absolute atomic E-state index is 6.75. The Morgan fingerprint density at radius 1 is 1.17 bits per heavy atom. The van der Waals surface area contributed by atoms with Gasteiger partial charge in [0, 0.05) is 0 Å². The van der Waals surface area contributed by atoms with E-state index in [0.717, 1.165) is 0 Å². The molecule has 0 saturated carbocycles. The van der Waals surface area contributed by atoms with Crippen LogP contribution in [-0.4, -0.2) is 10.4 Å². The Labute approximate surface area is 47.9 Å². The van der Waals surface area contributed by atoms with Crippen molar-refractivity contribution in [1.29, 1.82) is 0 Å². The molecule has 0 aromatic heterocycles. The molecule has 4 nitrogen and oxygen atoms in total. The van der Waals surface area contributed by atoms with Crippen LogP contribution < -0.4 is 24.2 Å². The summed E-state index contributed by atoms with van der Waals surface area (Å²) in [7, 11) is 0. The molecular weight excluding hydrogens is 131 g/mol. The van der Waals surface area contributed by atoms with Gasteiger partial charge in [0.05, 0.1) is 0 Å². The lowest BCUT2D eigenvalue weighted by molar-refractivity contribution is -0.670. The molecule has 44 valence electrons. The van der Waals surface area contributed by atoms with Crippen LogP contribution in [0, 0.1) is 0 Å². The highest BCUT2D eigenvalue weighted by Crippen LogP contribution is 0.690. The molecule has 0 rings (SSSR count). The topological polar surface area (TPSA) is 94.1 Å². The Hall–Kier alpha value is 0.420. The molecule has 0 fully saturated rings. The summed E-state index contributed by atoms with van der Waals surface area (Å²) in [4.78, 5) is 0. The second kappa shape index (κ2) is 600. The van der Waals surface area contributed by atoms with Crippen LogP contribution in [0.2, 0.25) is 0 Å². The zero-order valence-corrected chi connectivity index (χ0v) is 4.54. The third kappa shape index (κ3) is 293. The first-order valence-corrected chi connectivity index (χ1v) is 0.574. The van der Waals surface area contributed by atoms with E-state index in [2.05, 4.69) is 11.8 Å². The van der Waals surface area contributed by atoms with E-state index in [1.165, 1.54) is 0 Å². The average Bonchev–Trinajstić information content (AvgIpc) is 1.50. The predicted octanol–water partition coefficient (Wildman–Crippen LogP) is -4.62. The minimum atomic E-state index is 0. The summed E-state index contributed by atoms with van der Waals surface area (Å²) in [6, 6.07) is 0. The van der Waals surface area contributed by atoms with E-state index in [9.17, 15) is 0 Å². The lowest BCUT2D eigenvalue weighted by atomic mass is 13.6. The highest BCUT2D eigenvalue weighted by Gasteiger charge is 0.781. The van der Waals surface area contributed by atoms with Gasteiger partial charge in [0.1, 0.15) is 0 Å². The van der Waals surface area contributed by atoms with Gasteiger partial charge in [-0.3, -0.25) is 0 Å². The minimum Gasteiger partial charge on any atom is -1.00 e. The monoisotopic (exact) mass is 138 g/mol. The average molecular weight is 139 g/mol. The Balaban J connectivity index is -0.00000000500. The molecule has 0 bridgehead atoms. The van der Waals surface area contributed by atoms with Crippen molar-refractivity contribution < 1.29 is 28.7 Å². The fourth-order valence-electron chi connectivity index (χ4n) is 0. The van der Waals surface area contributed by atoms with Gasteiger partial charge in [-0.05, 0) is 0 Å². The normalized spacial score (nSPS) is 2.00. The van der Waals surface area contributed by atoms with Crippen molar-refractivity contribution in [2.75, 3.05) is 0 Å². The molecule has 0 aromatic carbocycles. The van der Waals surface area contributed by atoms with Crippen molar-refractivity contribution in [2.24, 2.45) is 5.90 Å². The van der Waals surface area contributed by atoms with Crippen molar-refractivity contribution in [1.82, 2.24) is 0 Å². The maximum Gasteiger partial charge on any atom is -0.147 e. The molecule has 0 aliphatic carbocycles. The lowest BCUT2D eigenvalue weighted by Crippen LogP contribution is -3.00. The van der Waals surface area contributed by atoms with Crippen LogP contribution in [0.5, 0.6) is 0 Å². The van der Waals surface area contributed by atoms with Crippen LogP contribution in [0.4, 0.5) is 0 Å². The van der Waals surface area contributed by atoms with E-state index in [0.29, 0.717) is 0 Å². The summed E-state index contributed by atoms with van der Waals surface area (Å²) in [6.45, 7) is 0. The number of hydrogen-bond acceptors (Lipinski definition) is 3. The Morgan fingerprint density at radius 3 is 1.17 bits per heavy atom. The van der Waals surface area contributed by atoms with Gasteiger partial charge < -0.3 is 17.6 Å². The SMILES string of the molecule is Cl.NO.[Cl-].[NH3+]O. The fourth-order valence-corrected chi connectivity index (χ4v) is 0. The maximum atomic E-state index is 6.75. The molecule has 0 heterocycles. The Morgan fingerprint density at radius 2 is 1.17 bits per heavy atom. The summed E-state index contributed by atoms with van der Waals surface area (Å²) in [6.07, 6.45) is 0. The summed E-state index contributed by atoms with van der Waals surface area (Å²) in [5.74, 6) is 5.75. The van der Waals surface area contributed by atoms with Crippen LogP contribution in [0.15, 0.2) is 0 Å². The molecule has 0 unspecified atom stereocenters. The quantitative estimate of drug-likeness (QED) is 0.254. The van der Waals surface area contributed by atoms with E-state index in [4.69, 9.17) is 10.4 Å². The largest absolute Gasteiger partial charge is 1.00 e. The van der Waals surface area contributed by atoms with Crippen LogP contribution in [0.3, 0.4) is 0 Å². The van der Waals surface area contributed by atoms with E-state index < -0.39 is 0 Å². The van der Waals surface area contributed by atoms with Crippen LogP contribution in [-0.2, 0) is 0 Å². The van der Waals surface area contributed by atoms with Crippen LogP contribution in [0.25, 0.3) is 0 Å². The third-order valence-corrected chi connectivity index (χ3v) is 0. The second-order valence-corrected chi connectivity index (χ2v) is 0. The predicted molar refractivity (Wildman–Crippen MR) is 17.9 cm³/mol. The molecule has 7 N–H and O–H groups in total. The molecule has 0 saturated heterocycles. The van der Waals surface area contributed by atoms with Gasteiger partial charge in [0.15, 0.2) is 0 Å². The summed E-state index contributed by atoms with van der Waals surface area (Å²) in [5, 5.41) is 13.2. The van der Waals surface area contributed by atoms with Gasteiger partial charge in [-0.15, -0.1) is 12.4 Å². The van der Waals surface area contributed by atoms with Crippen molar-refractivity contribution in [3.8, 4) is 0 Å². The fraction of sp³-hybridized carbons (Fsp3) is 0. The Kier molecular flexibility index (Phi) is 3220. The van der Waals surface area contributed by atoms with Crippen molar-refractivity contribution >= 4 is 12.4 Å². The number of nitrogens with two attached hydrogens (primary N) is 1. The smallest absolute Gasteiger partial charge is 0.147 e. The standard InChI is InChI=1S/2ClH.H4NO.H3NO/c;;2*1-2/h2*1H;2H,1H3;2H,1H2/q;;+1;/p-1. The lowest BCUT2D eigenvalue weighted by Gasteiger charge is -1.27. The van der Waals surface area contributed by atoms with E-state index in [1.807, 2.05) is 0 Å². The molecular formula is H8Cl2N2O2. The zero-order valence-electron chi connectivity index (χ0n) is 2.97. The van der Waals surface area contributed by atoms with Gasteiger partial charge in [0.25, 0.3) is 0 Å². The Bertz CT molecular complexity index is 9.51. The molecule has 0 radical (unpaired) electrons.